The van der Waals surface area contributed by atoms with Crippen molar-refractivity contribution in [1.29, 1.82) is 0 Å². The van der Waals surface area contributed by atoms with Gasteiger partial charge < -0.3 is 4.90 Å². The van der Waals surface area contributed by atoms with Crippen molar-refractivity contribution in [1.82, 2.24) is 19.6 Å². The first-order chi connectivity index (χ1) is 8.58. The highest BCUT2D eigenvalue weighted by Crippen LogP contribution is 2.10. The molecule has 1 unspecified atom stereocenters. The Kier molecular flexibility index (Phi) is 4.29. The first-order valence-electron chi connectivity index (χ1n) is 6.24. The lowest BCUT2D eigenvalue weighted by Gasteiger charge is -2.36. The fraction of sp³-hybridized carbons (Fsp3) is 0.667. The summed E-state index contributed by atoms with van der Waals surface area (Å²) < 4.78 is 1.75. The van der Waals surface area contributed by atoms with Gasteiger partial charge in [-0.2, -0.15) is 17.7 Å². The number of rotatable bonds is 3. The van der Waals surface area contributed by atoms with Crippen LogP contribution in [-0.2, 0) is 18.3 Å². The van der Waals surface area contributed by atoms with Gasteiger partial charge in [0.2, 0.25) is 5.91 Å². The second-order valence-corrected chi connectivity index (χ2v) is 5.42. The molecule has 0 spiro atoms. The molecule has 0 aromatic carbocycles. The molecule has 18 heavy (non-hydrogen) atoms. The van der Waals surface area contributed by atoms with E-state index >= 15 is 0 Å². The Labute approximate surface area is 113 Å². The summed E-state index contributed by atoms with van der Waals surface area (Å²) in [6.45, 7) is 5.46. The number of hydrogen-bond acceptors (Lipinski definition) is 4. The number of piperazine rings is 1. The zero-order valence-electron chi connectivity index (χ0n) is 10.9. The summed E-state index contributed by atoms with van der Waals surface area (Å²) >= 11 is 4.42. The van der Waals surface area contributed by atoms with Crippen LogP contribution in [0.25, 0.3) is 0 Å². The molecule has 1 aliphatic heterocycles. The van der Waals surface area contributed by atoms with Gasteiger partial charge in [-0.15, -0.1) is 0 Å². The molecule has 1 amide bonds. The topological polar surface area (TPSA) is 41.4 Å². The molecule has 1 atom stereocenters. The molecule has 1 aromatic heterocycles. The quantitative estimate of drug-likeness (QED) is 0.806. The molecule has 0 bridgehead atoms. The van der Waals surface area contributed by atoms with Gasteiger partial charge in [-0.05, 0) is 13.0 Å². The fourth-order valence-electron chi connectivity index (χ4n) is 2.19. The van der Waals surface area contributed by atoms with E-state index in [1.165, 1.54) is 0 Å². The van der Waals surface area contributed by atoms with Crippen molar-refractivity contribution in [3.05, 3.63) is 18.0 Å². The lowest BCUT2D eigenvalue weighted by Crippen LogP contribution is -2.50. The van der Waals surface area contributed by atoms with Gasteiger partial charge in [0.25, 0.3) is 0 Å². The highest BCUT2D eigenvalue weighted by molar-refractivity contribution is 7.80. The summed E-state index contributed by atoms with van der Waals surface area (Å²) in [7, 11) is 1.86. The largest absolute Gasteiger partial charge is 0.340 e. The van der Waals surface area contributed by atoms with Crippen LogP contribution in [0.4, 0.5) is 0 Å². The molecule has 6 heteroatoms. The predicted molar refractivity (Wildman–Crippen MR) is 73.5 cm³/mol. The van der Waals surface area contributed by atoms with Gasteiger partial charge in [0, 0.05) is 45.1 Å². The number of aromatic nitrogens is 2. The van der Waals surface area contributed by atoms with Gasteiger partial charge >= 0.3 is 0 Å². The molecule has 1 fully saturated rings. The molecule has 0 saturated carbocycles. The molecule has 100 valence electrons. The first-order valence-corrected chi connectivity index (χ1v) is 6.76. The molecule has 2 heterocycles. The van der Waals surface area contributed by atoms with Crippen molar-refractivity contribution in [3.8, 4) is 0 Å². The van der Waals surface area contributed by atoms with Crippen molar-refractivity contribution >= 4 is 18.5 Å². The second kappa shape index (κ2) is 5.75. The van der Waals surface area contributed by atoms with Gasteiger partial charge in [0.05, 0.1) is 11.8 Å². The minimum absolute atomic E-state index is 0.185. The summed E-state index contributed by atoms with van der Waals surface area (Å²) in [6, 6.07) is 1.89. The molecule has 2 rings (SSSR count). The van der Waals surface area contributed by atoms with Crippen LogP contribution in [-0.4, -0.2) is 57.0 Å². The molecule has 0 radical (unpaired) electrons. The summed E-state index contributed by atoms with van der Waals surface area (Å²) in [5.74, 6) is 0.185. The standard InChI is InChI=1S/C12H20N4OS/c1-10(18)15-5-7-16(8-6-15)12(17)9-11-3-4-13-14(11)2/h3-4,10,18H,5-9H2,1-2H3. The average Bonchev–Trinajstić information content (AvgIpc) is 2.75. The van der Waals surface area contributed by atoms with Crippen molar-refractivity contribution in [3.63, 3.8) is 0 Å². The van der Waals surface area contributed by atoms with E-state index in [9.17, 15) is 4.79 Å². The van der Waals surface area contributed by atoms with E-state index in [0.717, 1.165) is 31.9 Å². The molecule has 1 aromatic rings. The van der Waals surface area contributed by atoms with Crippen molar-refractivity contribution in [2.45, 2.75) is 18.7 Å². The first kappa shape index (κ1) is 13.4. The summed E-state index contributed by atoms with van der Waals surface area (Å²) in [5, 5.41) is 4.34. The molecule has 1 aliphatic rings. The lowest BCUT2D eigenvalue weighted by molar-refractivity contribution is -0.132. The Balaban J connectivity index is 1.86. The molecular weight excluding hydrogens is 248 g/mol. The molecule has 0 N–H and O–H groups in total. The van der Waals surface area contributed by atoms with E-state index in [4.69, 9.17) is 0 Å². The average molecular weight is 268 g/mol. The second-order valence-electron chi connectivity index (χ2n) is 4.67. The zero-order valence-corrected chi connectivity index (χ0v) is 11.8. The van der Waals surface area contributed by atoms with E-state index in [2.05, 4.69) is 29.6 Å². The van der Waals surface area contributed by atoms with Crippen molar-refractivity contribution in [2.24, 2.45) is 7.05 Å². The monoisotopic (exact) mass is 268 g/mol. The number of amides is 1. The summed E-state index contributed by atoms with van der Waals surface area (Å²) in [4.78, 5) is 16.3. The van der Waals surface area contributed by atoms with Crippen molar-refractivity contribution in [2.75, 3.05) is 26.2 Å². The summed E-state index contributed by atoms with van der Waals surface area (Å²) in [5.41, 5.74) is 0.963. The Bertz CT molecular complexity index is 410. The normalized spacial score (nSPS) is 18.9. The van der Waals surface area contributed by atoms with Gasteiger partial charge in [-0.3, -0.25) is 14.4 Å². The van der Waals surface area contributed by atoms with Gasteiger partial charge in [0.1, 0.15) is 0 Å². The number of thiol groups is 1. The smallest absolute Gasteiger partial charge is 0.228 e. The van der Waals surface area contributed by atoms with Crippen LogP contribution in [0.15, 0.2) is 12.3 Å². The number of carbonyl (C=O) groups is 1. The summed E-state index contributed by atoms with van der Waals surface area (Å²) in [6.07, 6.45) is 2.16. The highest BCUT2D eigenvalue weighted by Gasteiger charge is 2.23. The number of nitrogens with zero attached hydrogens (tertiary/aromatic N) is 4. The highest BCUT2D eigenvalue weighted by atomic mass is 32.1. The third kappa shape index (κ3) is 3.05. The maximum Gasteiger partial charge on any atom is 0.228 e. The number of carbonyl (C=O) groups excluding carboxylic acids is 1. The Morgan fingerprint density at radius 1 is 1.44 bits per heavy atom. The Morgan fingerprint density at radius 2 is 2.11 bits per heavy atom. The van der Waals surface area contributed by atoms with Crippen LogP contribution in [0.3, 0.4) is 0 Å². The van der Waals surface area contributed by atoms with Crippen LogP contribution in [0.2, 0.25) is 0 Å². The van der Waals surface area contributed by atoms with Gasteiger partial charge in [-0.1, -0.05) is 0 Å². The SMILES string of the molecule is CC(S)N1CCN(C(=O)Cc2ccnn2C)CC1. The van der Waals surface area contributed by atoms with Crippen LogP contribution in [0, 0.1) is 0 Å². The maximum atomic E-state index is 12.1. The molecule has 0 aliphatic carbocycles. The van der Waals surface area contributed by atoms with E-state index in [1.54, 1.807) is 10.9 Å². The Hall–Kier alpha value is -1.01. The molecule has 1 saturated heterocycles. The third-order valence-corrected chi connectivity index (χ3v) is 3.78. The number of aryl methyl sites for hydroxylation is 1. The van der Waals surface area contributed by atoms with Crippen LogP contribution in [0.5, 0.6) is 0 Å². The number of hydrogen-bond donors (Lipinski definition) is 1. The molecular formula is C12H20N4OS. The zero-order chi connectivity index (χ0) is 13.1. The van der Waals surface area contributed by atoms with Crippen LogP contribution >= 0.6 is 12.6 Å². The van der Waals surface area contributed by atoms with Gasteiger partial charge in [-0.25, -0.2) is 0 Å². The fourth-order valence-corrected chi connectivity index (χ4v) is 2.42. The lowest BCUT2D eigenvalue weighted by atomic mass is 10.2. The Morgan fingerprint density at radius 3 is 2.61 bits per heavy atom. The third-order valence-electron chi connectivity index (χ3n) is 3.45. The van der Waals surface area contributed by atoms with E-state index in [0.29, 0.717) is 6.42 Å². The predicted octanol–water partition coefficient (Wildman–Crippen LogP) is 0.383. The van der Waals surface area contributed by atoms with Crippen molar-refractivity contribution < 1.29 is 4.79 Å². The van der Waals surface area contributed by atoms with E-state index < -0.39 is 0 Å². The van der Waals surface area contributed by atoms with Crippen LogP contribution < -0.4 is 0 Å². The minimum atomic E-state index is 0.185. The van der Waals surface area contributed by atoms with E-state index in [-0.39, 0.29) is 11.3 Å². The van der Waals surface area contributed by atoms with Crippen LogP contribution in [0.1, 0.15) is 12.6 Å². The minimum Gasteiger partial charge on any atom is -0.340 e. The van der Waals surface area contributed by atoms with E-state index in [1.807, 2.05) is 18.0 Å². The van der Waals surface area contributed by atoms with Gasteiger partial charge in [0.15, 0.2) is 0 Å². The maximum absolute atomic E-state index is 12.1. The molecule has 5 nitrogen and oxygen atoms in total.